The molecule has 0 fully saturated rings. The number of aliphatic imine (C=N–C) groups is 2. The van der Waals surface area contributed by atoms with Crippen LogP contribution in [0.5, 0.6) is 0 Å². The highest BCUT2D eigenvalue weighted by Gasteiger charge is 2.13. The molecule has 0 radical (unpaired) electrons. The molecule has 8 heteroatoms. The van der Waals surface area contributed by atoms with Crippen LogP contribution in [-0.2, 0) is 9.59 Å². The molecule has 0 aliphatic heterocycles. The lowest BCUT2D eigenvalue weighted by Gasteiger charge is -2.16. The highest BCUT2D eigenvalue weighted by atomic mass is 16.3. The first-order chi connectivity index (χ1) is 12.2. The molecular formula is C18H36N2O6. The summed E-state index contributed by atoms with van der Waals surface area (Å²) >= 11 is 0. The summed E-state index contributed by atoms with van der Waals surface area (Å²) in [6.45, 7) is 8.49. The van der Waals surface area contributed by atoms with E-state index in [0.29, 0.717) is 13.1 Å². The van der Waals surface area contributed by atoms with Crippen molar-refractivity contribution in [3.05, 3.63) is 0 Å². The predicted octanol–water partition coefficient (Wildman–Crippen LogP) is 1.21. The number of unbranched alkanes of at least 4 members (excludes halogenated alkanes) is 3. The van der Waals surface area contributed by atoms with Gasteiger partial charge in [-0.05, 0) is 12.8 Å². The van der Waals surface area contributed by atoms with Gasteiger partial charge in [0, 0.05) is 10.8 Å². The summed E-state index contributed by atoms with van der Waals surface area (Å²) in [5.74, 6) is 0. The van der Waals surface area contributed by atoms with Crippen molar-refractivity contribution in [1.29, 1.82) is 0 Å². The molecule has 0 aromatic carbocycles. The maximum atomic E-state index is 9.63. The Kier molecular flexibility index (Phi) is 22.5. The van der Waals surface area contributed by atoms with Crippen molar-refractivity contribution in [1.82, 2.24) is 0 Å². The van der Waals surface area contributed by atoms with Crippen molar-refractivity contribution in [2.45, 2.75) is 53.4 Å². The summed E-state index contributed by atoms with van der Waals surface area (Å²) < 4.78 is 0. The van der Waals surface area contributed by atoms with Gasteiger partial charge in [-0.25, -0.2) is 19.6 Å². The van der Waals surface area contributed by atoms with Crippen LogP contribution in [0.1, 0.15) is 53.4 Å². The van der Waals surface area contributed by atoms with Gasteiger partial charge in [-0.1, -0.05) is 40.5 Å². The average Bonchev–Trinajstić information content (AvgIpc) is 2.65. The minimum Gasteiger partial charge on any atom is -0.396 e. The van der Waals surface area contributed by atoms with Crippen LogP contribution >= 0.6 is 0 Å². The number of hydrogen-bond acceptors (Lipinski definition) is 8. The minimum absolute atomic E-state index is 0.0451. The Morgan fingerprint density at radius 3 is 1.04 bits per heavy atom. The Hall–Kier alpha value is -1.40. The third-order valence-electron chi connectivity index (χ3n) is 3.13. The standard InChI is InChI=1S/C8H12N2O2.2C5H12O2/c11-7-9-5-3-1-2-4-6-10-8-12;2*1-5(2,3-6)4-7/h1-6H2;2*6-7H,3-4H2,1-2H3. The van der Waals surface area contributed by atoms with E-state index in [0.717, 1.165) is 25.7 Å². The van der Waals surface area contributed by atoms with Crippen LogP contribution in [0.2, 0.25) is 0 Å². The molecule has 26 heavy (non-hydrogen) atoms. The van der Waals surface area contributed by atoms with Crippen molar-refractivity contribution >= 4 is 12.2 Å². The number of rotatable bonds is 11. The number of nitrogens with zero attached hydrogens (tertiary/aromatic N) is 2. The van der Waals surface area contributed by atoms with Crippen molar-refractivity contribution in [3.8, 4) is 0 Å². The first-order valence-electron chi connectivity index (χ1n) is 8.67. The fraction of sp³-hybridized carbons (Fsp3) is 0.889. The molecule has 0 aliphatic rings. The molecule has 0 rings (SSSR count). The van der Waals surface area contributed by atoms with E-state index in [1.807, 2.05) is 0 Å². The Bertz CT molecular complexity index is 350. The molecule has 0 saturated heterocycles. The van der Waals surface area contributed by atoms with Crippen LogP contribution in [0.4, 0.5) is 0 Å². The maximum absolute atomic E-state index is 9.63. The molecule has 154 valence electrons. The average molecular weight is 376 g/mol. The predicted molar refractivity (Wildman–Crippen MR) is 100 cm³/mol. The van der Waals surface area contributed by atoms with Crippen molar-refractivity contribution in [2.24, 2.45) is 20.8 Å². The van der Waals surface area contributed by atoms with Gasteiger partial charge >= 0.3 is 0 Å². The minimum atomic E-state index is -0.306. The van der Waals surface area contributed by atoms with Crippen molar-refractivity contribution in [3.63, 3.8) is 0 Å². The van der Waals surface area contributed by atoms with Gasteiger partial charge in [-0.15, -0.1) is 0 Å². The fourth-order valence-electron chi connectivity index (χ4n) is 0.927. The van der Waals surface area contributed by atoms with E-state index in [9.17, 15) is 9.59 Å². The quantitative estimate of drug-likeness (QED) is 0.243. The number of hydrogen-bond donors (Lipinski definition) is 4. The van der Waals surface area contributed by atoms with Crippen molar-refractivity contribution in [2.75, 3.05) is 39.5 Å². The van der Waals surface area contributed by atoms with Gasteiger partial charge in [0.1, 0.15) is 0 Å². The van der Waals surface area contributed by atoms with Gasteiger partial charge in [0.15, 0.2) is 0 Å². The van der Waals surface area contributed by atoms with Crippen molar-refractivity contribution < 1.29 is 30.0 Å². The van der Waals surface area contributed by atoms with Gasteiger partial charge in [0.25, 0.3) is 0 Å². The smallest absolute Gasteiger partial charge is 0.234 e. The molecule has 8 nitrogen and oxygen atoms in total. The van der Waals surface area contributed by atoms with E-state index in [1.54, 1.807) is 27.7 Å². The molecule has 0 bridgehead atoms. The third-order valence-corrected chi connectivity index (χ3v) is 3.13. The zero-order valence-corrected chi connectivity index (χ0v) is 16.6. The lowest BCUT2D eigenvalue weighted by atomic mass is 9.97. The Balaban J connectivity index is -0.000000326. The molecule has 0 unspecified atom stereocenters. The highest BCUT2D eigenvalue weighted by molar-refractivity contribution is 5.32. The summed E-state index contributed by atoms with van der Waals surface area (Å²) in [5, 5.41) is 33.7. The topological polar surface area (TPSA) is 140 Å². The third kappa shape index (κ3) is 27.4. The van der Waals surface area contributed by atoms with E-state index in [2.05, 4.69) is 9.98 Å². The number of isocyanates is 2. The van der Waals surface area contributed by atoms with Crippen LogP contribution in [0.15, 0.2) is 9.98 Å². The molecule has 0 aromatic heterocycles. The summed E-state index contributed by atoms with van der Waals surface area (Å²) in [6.07, 6.45) is 6.80. The maximum Gasteiger partial charge on any atom is 0.234 e. The van der Waals surface area contributed by atoms with E-state index >= 15 is 0 Å². The molecule has 0 amide bonds. The molecule has 0 aliphatic carbocycles. The van der Waals surface area contributed by atoms with E-state index in [4.69, 9.17) is 20.4 Å². The lowest BCUT2D eigenvalue weighted by Crippen LogP contribution is -2.20. The highest BCUT2D eigenvalue weighted by Crippen LogP contribution is 2.10. The Morgan fingerprint density at radius 1 is 0.615 bits per heavy atom. The second-order valence-electron chi connectivity index (χ2n) is 7.32. The summed E-state index contributed by atoms with van der Waals surface area (Å²) in [6, 6.07) is 0. The molecule has 4 N–H and O–H groups in total. The van der Waals surface area contributed by atoms with E-state index in [-0.39, 0.29) is 37.3 Å². The van der Waals surface area contributed by atoms with Crippen LogP contribution in [-0.4, -0.2) is 72.1 Å². The normalized spacial score (nSPS) is 10.3. The Labute approximate surface area is 156 Å². The van der Waals surface area contributed by atoms with Crippen LogP contribution < -0.4 is 0 Å². The zero-order valence-electron chi connectivity index (χ0n) is 16.6. The number of aliphatic hydroxyl groups is 4. The first kappa shape index (κ1) is 29.4. The number of carbonyl (C=O) groups excluding carboxylic acids is 2. The second kappa shape index (κ2) is 19.9. The molecule has 0 aromatic rings. The first-order valence-corrected chi connectivity index (χ1v) is 8.67. The van der Waals surface area contributed by atoms with Gasteiger partial charge in [0.2, 0.25) is 12.2 Å². The van der Waals surface area contributed by atoms with Gasteiger partial charge in [-0.2, -0.15) is 0 Å². The fourth-order valence-corrected chi connectivity index (χ4v) is 0.927. The molecule has 0 spiro atoms. The largest absolute Gasteiger partial charge is 0.396 e. The number of aliphatic hydroxyl groups excluding tert-OH is 4. The summed E-state index contributed by atoms with van der Waals surface area (Å²) in [7, 11) is 0. The zero-order chi connectivity index (χ0) is 20.9. The second-order valence-corrected chi connectivity index (χ2v) is 7.32. The summed E-state index contributed by atoms with van der Waals surface area (Å²) in [5.41, 5.74) is -0.611. The SMILES string of the molecule is CC(C)(CO)CO.CC(C)(CO)CO.O=C=NCCCCCCN=C=O. The molecule has 0 saturated carbocycles. The van der Waals surface area contributed by atoms with Crippen LogP contribution in [0.3, 0.4) is 0 Å². The Morgan fingerprint density at radius 2 is 0.885 bits per heavy atom. The van der Waals surface area contributed by atoms with Crippen LogP contribution in [0.25, 0.3) is 0 Å². The molecular weight excluding hydrogens is 340 g/mol. The van der Waals surface area contributed by atoms with Gasteiger partial charge in [-0.3, -0.25) is 0 Å². The van der Waals surface area contributed by atoms with Crippen LogP contribution in [0, 0.1) is 10.8 Å². The van der Waals surface area contributed by atoms with E-state index in [1.165, 1.54) is 12.2 Å². The lowest BCUT2D eigenvalue weighted by molar-refractivity contribution is 0.0855. The summed E-state index contributed by atoms with van der Waals surface area (Å²) in [4.78, 5) is 26.1. The van der Waals surface area contributed by atoms with Gasteiger partial charge < -0.3 is 20.4 Å². The molecule has 0 atom stereocenters. The van der Waals surface area contributed by atoms with Gasteiger partial charge in [0.05, 0.1) is 39.5 Å². The van der Waals surface area contributed by atoms with E-state index < -0.39 is 0 Å². The monoisotopic (exact) mass is 376 g/mol. The molecule has 0 heterocycles.